The molecule has 3 N–H and O–H groups in total. The number of sulfonamides is 1. The summed E-state index contributed by atoms with van der Waals surface area (Å²) in [6.45, 7) is 1.10. The molecule has 0 bridgehead atoms. The number of nitrogens with two attached hydrogens (primary N) is 1. The molecule has 122 valence electrons. The Kier molecular flexibility index (Phi) is 4.77. The van der Waals surface area contributed by atoms with E-state index >= 15 is 0 Å². The number of amides is 1. The van der Waals surface area contributed by atoms with E-state index < -0.39 is 28.5 Å². The number of hydrogen-bond acceptors (Lipinski definition) is 7. The van der Waals surface area contributed by atoms with Gasteiger partial charge in [0.25, 0.3) is 5.91 Å². The van der Waals surface area contributed by atoms with Crippen molar-refractivity contribution in [2.45, 2.75) is 11.8 Å². The van der Waals surface area contributed by atoms with Gasteiger partial charge in [-0.25, -0.2) is 18.4 Å². The van der Waals surface area contributed by atoms with Crippen LogP contribution in [0, 0.1) is 6.92 Å². The SMILES string of the molecule is Cc1cc(C(=O)OCC(=O)Nc2ccc(S(N)(=O)=O)cc2)on1. The summed E-state index contributed by atoms with van der Waals surface area (Å²) in [5.74, 6) is -1.52. The van der Waals surface area contributed by atoms with E-state index in [2.05, 4.69) is 10.5 Å². The Morgan fingerprint density at radius 2 is 1.96 bits per heavy atom. The van der Waals surface area contributed by atoms with Gasteiger partial charge in [0.1, 0.15) is 0 Å². The Balaban J connectivity index is 1.88. The topological polar surface area (TPSA) is 142 Å². The predicted octanol–water partition coefficient (Wildman–Crippen LogP) is 0.426. The lowest BCUT2D eigenvalue weighted by molar-refractivity contribution is -0.119. The molecule has 9 nitrogen and oxygen atoms in total. The summed E-state index contributed by atoms with van der Waals surface area (Å²) in [5.41, 5.74) is 0.838. The molecule has 0 unspecified atom stereocenters. The van der Waals surface area contributed by atoms with Crippen LogP contribution in [0.25, 0.3) is 0 Å². The van der Waals surface area contributed by atoms with Gasteiger partial charge in [-0.2, -0.15) is 0 Å². The third-order valence-electron chi connectivity index (χ3n) is 2.63. The molecule has 23 heavy (non-hydrogen) atoms. The van der Waals surface area contributed by atoms with E-state index in [4.69, 9.17) is 14.4 Å². The van der Waals surface area contributed by atoms with Crippen LogP contribution in [-0.2, 0) is 19.6 Å². The van der Waals surface area contributed by atoms with Gasteiger partial charge in [0.15, 0.2) is 6.61 Å². The molecule has 0 saturated carbocycles. The van der Waals surface area contributed by atoms with Crippen LogP contribution >= 0.6 is 0 Å². The molecule has 1 aromatic heterocycles. The van der Waals surface area contributed by atoms with Crippen molar-refractivity contribution in [1.82, 2.24) is 5.16 Å². The quantitative estimate of drug-likeness (QED) is 0.752. The second-order valence-electron chi connectivity index (χ2n) is 4.53. The maximum absolute atomic E-state index is 11.7. The molecule has 0 saturated heterocycles. The van der Waals surface area contributed by atoms with Crippen molar-refractivity contribution in [3.63, 3.8) is 0 Å². The fraction of sp³-hybridized carbons (Fsp3) is 0.154. The van der Waals surface area contributed by atoms with Crippen molar-refractivity contribution in [2.75, 3.05) is 11.9 Å². The maximum Gasteiger partial charge on any atom is 0.377 e. The number of anilines is 1. The van der Waals surface area contributed by atoms with Crippen molar-refractivity contribution in [3.8, 4) is 0 Å². The van der Waals surface area contributed by atoms with E-state index in [1.807, 2.05) is 0 Å². The van der Waals surface area contributed by atoms with Crippen LogP contribution in [0.3, 0.4) is 0 Å². The number of nitrogens with one attached hydrogen (secondary N) is 1. The molecular weight excluding hydrogens is 326 g/mol. The van der Waals surface area contributed by atoms with Gasteiger partial charge in [-0.3, -0.25) is 4.79 Å². The third-order valence-corrected chi connectivity index (χ3v) is 3.56. The number of carbonyl (C=O) groups is 2. The lowest BCUT2D eigenvalue weighted by Gasteiger charge is -2.06. The fourth-order valence-electron chi connectivity index (χ4n) is 1.59. The molecule has 0 fully saturated rings. The monoisotopic (exact) mass is 339 g/mol. The number of aromatic nitrogens is 1. The molecule has 0 spiro atoms. The second-order valence-corrected chi connectivity index (χ2v) is 6.09. The first kappa shape index (κ1) is 16.6. The first-order valence-electron chi connectivity index (χ1n) is 6.29. The van der Waals surface area contributed by atoms with E-state index in [1.165, 1.54) is 30.3 Å². The van der Waals surface area contributed by atoms with Gasteiger partial charge >= 0.3 is 5.97 Å². The van der Waals surface area contributed by atoms with Gasteiger partial charge in [0.2, 0.25) is 15.8 Å². The number of benzene rings is 1. The molecule has 0 aliphatic rings. The number of primary sulfonamides is 1. The van der Waals surface area contributed by atoms with E-state index in [9.17, 15) is 18.0 Å². The summed E-state index contributed by atoms with van der Waals surface area (Å²) in [6.07, 6.45) is 0. The van der Waals surface area contributed by atoms with Gasteiger partial charge in [0, 0.05) is 11.8 Å². The number of esters is 1. The summed E-state index contributed by atoms with van der Waals surface area (Å²) in [5, 5.41) is 10.9. The molecule has 0 radical (unpaired) electrons. The number of rotatable bonds is 5. The molecule has 0 aliphatic carbocycles. The minimum Gasteiger partial charge on any atom is -0.450 e. The van der Waals surface area contributed by atoms with E-state index in [0.717, 1.165) is 0 Å². The molecular formula is C13H13N3O6S. The number of aryl methyl sites for hydroxylation is 1. The van der Waals surface area contributed by atoms with Crippen molar-refractivity contribution in [2.24, 2.45) is 5.14 Å². The highest BCUT2D eigenvalue weighted by atomic mass is 32.2. The Labute approximate surface area is 131 Å². The van der Waals surface area contributed by atoms with Crippen molar-refractivity contribution < 1.29 is 27.3 Å². The lowest BCUT2D eigenvalue weighted by Crippen LogP contribution is -2.20. The smallest absolute Gasteiger partial charge is 0.377 e. The average molecular weight is 339 g/mol. The van der Waals surface area contributed by atoms with Crippen molar-refractivity contribution >= 4 is 27.6 Å². The average Bonchev–Trinajstić information content (AvgIpc) is 2.91. The van der Waals surface area contributed by atoms with Gasteiger partial charge in [0.05, 0.1) is 10.6 Å². The zero-order valence-corrected chi connectivity index (χ0v) is 12.8. The first-order valence-corrected chi connectivity index (χ1v) is 7.83. The van der Waals surface area contributed by atoms with Gasteiger partial charge in [-0.1, -0.05) is 5.16 Å². The summed E-state index contributed by atoms with van der Waals surface area (Å²) >= 11 is 0. The van der Waals surface area contributed by atoms with E-state index in [-0.39, 0.29) is 10.7 Å². The van der Waals surface area contributed by atoms with Crippen molar-refractivity contribution in [3.05, 3.63) is 41.8 Å². The van der Waals surface area contributed by atoms with Crippen LogP contribution in [0.2, 0.25) is 0 Å². The highest BCUT2D eigenvalue weighted by Crippen LogP contribution is 2.12. The number of ether oxygens (including phenoxy) is 1. The fourth-order valence-corrected chi connectivity index (χ4v) is 2.10. The third kappa shape index (κ3) is 4.63. The van der Waals surface area contributed by atoms with Gasteiger partial charge in [-0.15, -0.1) is 0 Å². The predicted molar refractivity (Wildman–Crippen MR) is 78.0 cm³/mol. The lowest BCUT2D eigenvalue weighted by atomic mass is 10.3. The minimum atomic E-state index is -3.80. The largest absolute Gasteiger partial charge is 0.450 e. The van der Waals surface area contributed by atoms with Crippen LogP contribution in [0.4, 0.5) is 5.69 Å². The summed E-state index contributed by atoms with van der Waals surface area (Å²) in [6, 6.07) is 6.59. The number of hydrogen-bond donors (Lipinski definition) is 2. The summed E-state index contributed by atoms with van der Waals surface area (Å²) in [4.78, 5) is 23.1. The molecule has 1 heterocycles. The molecule has 0 atom stereocenters. The zero-order valence-electron chi connectivity index (χ0n) is 12.0. The van der Waals surface area contributed by atoms with Crippen LogP contribution in [0.5, 0.6) is 0 Å². The molecule has 1 aromatic carbocycles. The van der Waals surface area contributed by atoms with Crippen LogP contribution in [-0.4, -0.2) is 32.1 Å². The zero-order chi connectivity index (χ0) is 17.0. The molecule has 1 amide bonds. The second kappa shape index (κ2) is 6.58. The Morgan fingerprint density at radius 1 is 1.30 bits per heavy atom. The van der Waals surface area contributed by atoms with E-state index in [0.29, 0.717) is 11.4 Å². The summed E-state index contributed by atoms with van der Waals surface area (Å²) in [7, 11) is -3.80. The highest BCUT2D eigenvalue weighted by molar-refractivity contribution is 7.89. The normalized spacial score (nSPS) is 11.0. The van der Waals surface area contributed by atoms with Gasteiger partial charge in [-0.05, 0) is 31.2 Å². The Hall–Kier alpha value is -2.72. The Bertz CT molecular complexity index is 826. The maximum atomic E-state index is 11.7. The molecule has 2 aromatic rings. The first-order chi connectivity index (χ1) is 10.8. The van der Waals surface area contributed by atoms with Crippen LogP contribution in [0.1, 0.15) is 16.2 Å². The Morgan fingerprint density at radius 3 is 2.48 bits per heavy atom. The molecule has 0 aliphatic heterocycles. The molecule has 10 heteroatoms. The van der Waals surface area contributed by atoms with Crippen LogP contribution < -0.4 is 10.5 Å². The number of carbonyl (C=O) groups excluding carboxylic acids is 2. The number of nitrogens with zero attached hydrogens (tertiary/aromatic N) is 1. The van der Waals surface area contributed by atoms with Gasteiger partial charge < -0.3 is 14.6 Å². The minimum absolute atomic E-state index is 0.0809. The molecule has 2 rings (SSSR count). The highest BCUT2D eigenvalue weighted by Gasteiger charge is 2.15. The van der Waals surface area contributed by atoms with Crippen LogP contribution in [0.15, 0.2) is 39.8 Å². The van der Waals surface area contributed by atoms with Crippen molar-refractivity contribution in [1.29, 1.82) is 0 Å². The summed E-state index contributed by atoms with van der Waals surface area (Å²) < 4.78 is 31.6. The standard InChI is InChI=1S/C13H13N3O6S/c1-8-6-11(22-16-8)13(18)21-7-12(17)15-9-2-4-10(5-3-9)23(14,19)20/h2-6H,7H2,1H3,(H,15,17)(H2,14,19,20). The van der Waals surface area contributed by atoms with E-state index in [1.54, 1.807) is 6.92 Å².